The van der Waals surface area contributed by atoms with Gasteiger partial charge in [0, 0.05) is 11.1 Å². The van der Waals surface area contributed by atoms with Crippen LogP contribution < -0.4 is 10.1 Å². The van der Waals surface area contributed by atoms with E-state index in [0.717, 1.165) is 0 Å². The molecule has 2 rings (SSSR count). The van der Waals surface area contributed by atoms with Crippen LogP contribution in [0.3, 0.4) is 0 Å². The van der Waals surface area contributed by atoms with E-state index in [0.29, 0.717) is 18.3 Å². The molecule has 0 bridgehead atoms. The number of hydrogen-bond acceptors (Lipinski definition) is 6. The molecule has 0 unspecified atom stereocenters. The third kappa shape index (κ3) is 6.24. The minimum absolute atomic E-state index is 0.0809. The van der Waals surface area contributed by atoms with Gasteiger partial charge < -0.3 is 14.8 Å². The van der Waals surface area contributed by atoms with Crippen LogP contribution in [0.5, 0.6) is 5.75 Å². The van der Waals surface area contributed by atoms with Crippen LogP contribution in [-0.4, -0.2) is 30.0 Å². The molecular formula is C19H19ClN2O6. The van der Waals surface area contributed by atoms with E-state index in [2.05, 4.69) is 5.32 Å². The molecule has 9 heteroatoms. The van der Waals surface area contributed by atoms with Gasteiger partial charge in [0.25, 0.3) is 11.6 Å². The average Bonchev–Trinajstić information content (AvgIpc) is 2.64. The van der Waals surface area contributed by atoms with Gasteiger partial charge in [-0.3, -0.25) is 14.9 Å². The Balaban J connectivity index is 1.96. The fourth-order valence-corrected chi connectivity index (χ4v) is 2.32. The molecule has 148 valence electrons. The maximum Gasteiger partial charge on any atom is 0.338 e. The minimum Gasteiger partial charge on any atom is -0.493 e. The van der Waals surface area contributed by atoms with Crippen LogP contribution in [0.25, 0.3) is 0 Å². The predicted molar refractivity (Wildman–Crippen MR) is 104 cm³/mol. The first kappa shape index (κ1) is 21.2. The van der Waals surface area contributed by atoms with E-state index < -0.39 is 23.4 Å². The van der Waals surface area contributed by atoms with Gasteiger partial charge in [-0.25, -0.2) is 4.79 Å². The maximum absolute atomic E-state index is 12.1. The summed E-state index contributed by atoms with van der Waals surface area (Å²) in [6.45, 7) is 3.89. The molecule has 0 radical (unpaired) electrons. The second-order valence-electron chi connectivity index (χ2n) is 6.28. The molecule has 0 aliphatic carbocycles. The molecule has 8 nitrogen and oxygen atoms in total. The summed E-state index contributed by atoms with van der Waals surface area (Å²) in [5.74, 6) is -0.603. The Morgan fingerprint density at radius 3 is 2.64 bits per heavy atom. The van der Waals surface area contributed by atoms with Crippen LogP contribution >= 0.6 is 11.6 Å². The van der Waals surface area contributed by atoms with E-state index in [1.807, 2.05) is 13.8 Å². The largest absolute Gasteiger partial charge is 0.493 e. The number of anilines is 1. The molecule has 0 saturated carbocycles. The number of nitrogens with zero attached hydrogens (tertiary/aromatic N) is 1. The maximum atomic E-state index is 12.1. The van der Waals surface area contributed by atoms with Crippen molar-refractivity contribution in [1.29, 1.82) is 0 Å². The normalized spacial score (nSPS) is 10.4. The van der Waals surface area contributed by atoms with Gasteiger partial charge in [0.05, 0.1) is 17.1 Å². The third-order valence-corrected chi connectivity index (χ3v) is 3.65. The van der Waals surface area contributed by atoms with E-state index >= 15 is 0 Å². The van der Waals surface area contributed by atoms with E-state index in [-0.39, 0.29) is 22.0 Å². The Morgan fingerprint density at radius 1 is 1.21 bits per heavy atom. The van der Waals surface area contributed by atoms with Crippen LogP contribution in [0, 0.1) is 16.0 Å². The molecule has 1 N–H and O–H groups in total. The fourth-order valence-electron chi connectivity index (χ4n) is 2.14. The number of nitro groups is 1. The molecule has 2 aromatic carbocycles. The number of carbonyl (C=O) groups is 2. The molecule has 0 aliphatic rings. The number of halogens is 1. The smallest absolute Gasteiger partial charge is 0.338 e. The number of nitrogens with one attached hydrogen (secondary N) is 1. The molecule has 0 fully saturated rings. The standard InChI is InChI=1S/C19H19ClN2O6/c1-12(2)10-27-15-5-3-4-13(8-15)19(24)28-11-18(23)21-16-9-14(20)6-7-17(16)22(25)26/h3-9,12H,10-11H2,1-2H3,(H,21,23). The van der Waals surface area contributed by atoms with Gasteiger partial charge in [-0.1, -0.05) is 31.5 Å². The lowest BCUT2D eigenvalue weighted by molar-refractivity contribution is -0.383. The summed E-state index contributed by atoms with van der Waals surface area (Å²) in [6.07, 6.45) is 0. The number of benzene rings is 2. The van der Waals surface area contributed by atoms with Crippen molar-refractivity contribution in [2.45, 2.75) is 13.8 Å². The van der Waals surface area contributed by atoms with Crippen molar-refractivity contribution >= 4 is 34.9 Å². The highest BCUT2D eigenvalue weighted by atomic mass is 35.5. The topological polar surface area (TPSA) is 108 Å². The lowest BCUT2D eigenvalue weighted by Crippen LogP contribution is -2.21. The van der Waals surface area contributed by atoms with Crippen LogP contribution in [0.1, 0.15) is 24.2 Å². The number of carbonyl (C=O) groups excluding carboxylic acids is 2. The van der Waals surface area contributed by atoms with Gasteiger partial charge in [-0.15, -0.1) is 0 Å². The molecule has 0 saturated heterocycles. The molecule has 0 atom stereocenters. The van der Waals surface area contributed by atoms with Crippen molar-refractivity contribution in [3.8, 4) is 5.75 Å². The predicted octanol–water partition coefficient (Wildman–Crippen LogP) is 4.08. The summed E-state index contributed by atoms with van der Waals surface area (Å²) in [7, 11) is 0. The number of ether oxygens (including phenoxy) is 2. The van der Waals surface area contributed by atoms with E-state index in [9.17, 15) is 19.7 Å². The van der Waals surface area contributed by atoms with Crippen molar-refractivity contribution in [3.05, 3.63) is 63.2 Å². The first-order valence-corrected chi connectivity index (χ1v) is 8.78. The molecular weight excluding hydrogens is 388 g/mol. The van der Waals surface area contributed by atoms with Crippen molar-refractivity contribution < 1.29 is 24.0 Å². The average molecular weight is 407 g/mol. The Kier molecular flexibility index (Phi) is 7.34. The summed E-state index contributed by atoms with van der Waals surface area (Å²) < 4.78 is 10.5. The van der Waals surface area contributed by atoms with Crippen molar-refractivity contribution in [2.75, 3.05) is 18.5 Å². The van der Waals surface area contributed by atoms with E-state index in [1.165, 1.54) is 30.3 Å². The lowest BCUT2D eigenvalue weighted by Gasteiger charge is -2.10. The van der Waals surface area contributed by atoms with Crippen LogP contribution in [0.4, 0.5) is 11.4 Å². The van der Waals surface area contributed by atoms with E-state index in [4.69, 9.17) is 21.1 Å². The quantitative estimate of drug-likeness (QED) is 0.402. The van der Waals surface area contributed by atoms with Crippen molar-refractivity contribution in [1.82, 2.24) is 0 Å². The number of nitro benzene ring substituents is 1. The third-order valence-electron chi connectivity index (χ3n) is 3.42. The Hall–Kier alpha value is -3.13. The number of esters is 1. The summed E-state index contributed by atoms with van der Waals surface area (Å²) in [6, 6.07) is 10.2. The number of amides is 1. The highest BCUT2D eigenvalue weighted by Gasteiger charge is 2.17. The summed E-state index contributed by atoms with van der Waals surface area (Å²) in [5, 5.41) is 13.5. The number of rotatable bonds is 8. The molecule has 0 spiro atoms. The Labute approximate surface area is 166 Å². The molecule has 0 heterocycles. The van der Waals surface area contributed by atoms with Gasteiger partial charge in [0.2, 0.25) is 0 Å². The first-order valence-electron chi connectivity index (χ1n) is 8.40. The lowest BCUT2D eigenvalue weighted by atomic mass is 10.2. The van der Waals surface area contributed by atoms with Gasteiger partial charge in [0.1, 0.15) is 11.4 Å². The fraction of sp³-hybridized carbons (Fsp3) is 0.263. The molecule has 0 aromatic heterocycles. The van der Waals surface area contributed by atoms with Crippen LogP contribution in [0.2, 0.25) is 5.02 Å². The highest BCUT2D eigenvalue weighted by molar-refractivity contribution is 6.31. The zero-order chi connectivity index (χ0) is 20.7. The highest BCUT2D eigenvalue weighted by Crippen LogP contribution is 2.27. The van der Waals surface area contributed by atoms with Crippen LogP contribution in [-0.2, 0) is 9.53 Å². The van der Waals surface area contributed by atoms with Crippen molar-refractivity contribution in [3.63, 3.8) is 0 Å². The zero-order valence-corrected chi connectivity index (χ0v) is 16.1. The Bertz CT molecular complexity index is 884. The summed E-state index contributed by atoms with van der Waals surface area (Å²) in [5.41, 5.74) is -0.176. The molecule has 28 heavy (non-hydrogen) atoms. The van der Waals surface area contributed by atoms with Crippen molar-refractivity contribution in [2.24, 2.45) is 5.92 Å². The SMILES string of the molecule is CC(C)COc1cccc(C(=O)OCC(=O)Nc2cc(Cl)ccc2[N+](=O)[O-])c1. The minimum atomic E-state index is -0.731. The number of hydrogen-bond donors (Lipinski definition) is 1. The van der Waals surface area contributed by atoms with E-state index in [1.54, 1.807) is 12.1 Å². The second-order valence-corrected chi connectivity index (χ2v) is 6.71. The van der Waals surface area contributed by atoms with Crippen LogP contribution in [0.15, 0.2) is 42.5 Å². The molecule has 2 aromatic rings. The summed E-state index contributed by atoms with van der Waals surface area (Å²) >= 11 is 5.80. The summed E-state index contributed by atoms with van der Waals surface area (Å²) in [4.78, 5) is 34.5. The van der Waals surface area contributed by atoms with Gasteiger partial charge in [-0.2, -0.15) is 0 Å². The monoisotopic (exact) mass is 406 g/mol. The van der Waals surface area contributed by atoms with Gasteiger partial charge in [0.15, 0.2) is 6.61 Å². The molecule has 1 amide bonds. The second kappa shape index (κ2) is 9.70. The zero-order valence-electron chi connectivity index (χ0n) is 15.3. The van der Waals surface area contributed by atoms with Gasteiger partial charge >= 0.3 is 5.97 Å². The van der Waals surface area contributed by atoms with Gasteiger partial charge in [-0.05, 0) is 36.2 Å². The first-order chi connectivity index (χ1) is 13.3. The molecule has 0 aliphatic heterocycles. The Morgan fingerprint density at radius 2 is 1.96 bits per heavy atom.